The maximum absolute atomic E-state index is 14.8. The van der Waals surface area contributed by atoms with Gasteiger partial charge < -0.3 is 15.4 Å². The molecule has 5 rings (SSSR count). The molecule has 0 radical (unpaired) electrons. The number of aryl methyl sites for hydroxylation is 1. The fourth-order valence-corrected chi connectivity index (χ4v) is 5.80. The molecule has 228 valence electrons. The van der Waals surface area contributed by atoms with Crippen molar-refractivity contribution in [2.75, 3.05) is 28.9 Å². The molecule has 1 aliphatic heterocycles. The van der Waals surface area contributed by atoms with Gasteiger partial charge in [-0.25, -0.2) is 32.2 Å². The first-order valence-corrected chi connectivity index (χ1v) is 14.9. The molecular formula is C28H27F5N6O3S. The minimum atomic E-state index is -4.70. The number of piperidine rings is 1. The Balaban J connectivity index is 1.47. The van der Waals surface area contributed by atoms with E-state index in [-0.39, 0.29) is 29.0 Å². The second-order valence-corrected chi connectivity index (χ2v) is 11.9. The molecule has 3 heterocycles. The SMILES string of the molecule is Cc1ccc2c(NS(=O)(=O)CCC(F)(F)F)c(F)ccc2c1Oc1ncccc1-c1ccnc(N[C@@H]2CNC[C@@H](F)C2)n1. The van der Waals surface area contributed by atoms with Gasteiger partial charge in [0.1, 0.15) is 17.7 Å². The topological polar surface area (TPSA) is 118 Å². The summed E-state index contributed by atoms with van der Waals surface area (Å²) < 4.78 is 99.6. The van der Waals surface area contributed by atoms with E-state index >= 15 is 0 Å². The van der Waals surface area contributed by atoms with E-state index < -0.39 is 46.0 Å². The number of benzene rings is 2. The number of anilines is 2. The Morgan fingerprint density at radius 3 is 2.60 bits per heavy atom. The summed E-state index contributed by atoms with van der Waals surface area (Å²) in [6.07, 6.45) is -3.93. The third-order valence-corrected chi connectivity index (χ3v) is 8.00. The largest absolute Gasteiger partial charge is 0.437 e. The van der Waals surface area contributed by atoms with E-state index in [0.29, 0.717) is 41.7 Å². The van der Waals surface area contributed by atoms with Crippen LogP contribution in [0.25, 0.3) is 22.0 Å². The van der Waals surface area contributed by atoms with Crippen LogP contribution in [0.3, 0.4) is 0 Å². The summed E-state index contributed by atoms with van der Waals surface area (Å²) in [5, 5.41) is 6.51. The first-order chi connectivity index (χ1) is 20.4. The molecule has 2 aromatic carbocycles. The lowest BCUT2D eigenvalue weighted by Gasteiger charge is -2.26. The number of alkyl halides is 4. The first-order valence-electron chi connectivity index (χ1n) is 13.3. The number of sulfonamides is 1. The molecule has 1 fully saturated rings. The van der Waals surface area contributed by atoms with Crippen LogP contribution in [0, 0.1) is 12.7 Å². The molecule has 3 N–H and O–H groups in total. The lowest BCUT2D eigenvalue weighted by molar-refractivity contribution is -0.129. The third kappa shape index (κ3) is 7.46. The Morgan fingerprint density at radius 2 is 1.84 bits per heavy atom. The zero-order chi connectivity index (χ0) is 30.8. The summed E-state index contributed by atoms with van der Waals surface area (Å²) in [5.41, 5.74) is 1.02. The summed E-state index contributed by atoms with van der Waals surface area (Å²) in [4.78, 5) is 13.1. The fourth-order valence-electron chi connectivity index (χ4n) is 4.68. The summed E-state index contributed by atoms with van der Waals surface area (Å²) in [6, 6.07) is 10.2. The summed E-state index contributed by atoms with van der Waals surface area (Å²) >= 11 is 0. The van der Waals surface area contributed by atoms with Crippen molar-refractivity contribution in [2.45, 2.75) is 38.2 Å². The Hall–Kier alpha value is -4.11. The number of rotatable bonds is 9. The quantitative estimate of drug-likeness (QED) is 0.203. The molecule has 0 aliphatic carbocycles. The lowest BCUT2D eigenvalue weighted by Crippen LogP contribution is -2.44. The number of halogens is 5. The average Bonchev–Trinajstić information content (AvgIpc) is 2.95. The fraction of sp³-hybridized carbons (Fsp3) is 0.321. The van der Waals surface area contributed by atoms with Gasteiger partial charge in [0, 0.05) is 48.7 Å². The van der Waals surface area contributed by atoms with Gasteiger partial charge in [0.05, 0.1) is 29.1 Å². The van der Waals surface area contributed by atoms with Crippen LogP contribution in [-0.4, -0.2) is 60.6 Å². The van der Waals surface area contributed by atoms with Gasteiger partial charge >= 0.3 is 6.18 Å². The summed E-state index contributed by atoms with van der Waals surface area (Å²) in [7, 11) is -4.53. The van der Waals surface area contributed by atoms with Crippen LogP contribution >= 0.6 is 0 Å². The Morgan fingerprint density at radius 1 is 1.05 bits per heavy atom. The van der Waals surface area contributed by atoms with E-state index in [9.17, 15) is 30.4 Å². The molecule has 0 saturated carbocycles. The highest BCUT2D eigenvalue weighted by Gasteiger charge is 2.30. The van der Waals surface area contributed by atoms with Crippen molar-refractivity contribution in [3.8, 4) is 22.9 Å². The van der Waals surface area contributed by atoms with Crippen molar-refractivity contribution >= 4 is 32.4 Å². The van der Waals surface area contributed by atoms with Crippen LogP contribution in [0.2, 0.25) is 0 Å². The van der Waals surface area contributed by atoms with Gasteiger partial charge in [0.25, 0.3) is 0 Å². The van der Waals surface area contributed by atoms with Crippen molar-refractivity contribution in [3.63, 3.8) is 0 Å². The number of hydrogen-bond acceptors (Lipinski definition) is 8. The molecule has 0 amide bonds. The van der Waals surface area contributed by atoms with Gasteiger partial charge in [-0.3, -0.25) is 4.72 Å². The van der Waals surface area contributed by atoms with E-state index in [2.05, 4.69) is 25.6 Å². The predicted molar refractivity (Wildman–Crippen MR) is 152 cm³/mol. The lowest BCUT2D eigenvalue weighted by atomic mass is 10.0. The highest BCUT2D eigenvalue weighted by Crippen LogP contribution is 2.40. The molecule has 4 aromatic rings. The summed E-state index contributed by atoms with van der Waals surface area (Å²) in [6.45, 7) is 2.56. The average molecular weight is 623 g/mol. The molecule has 1 saturated heterocycles. The second kappa shape index (κ2) is 12.2. The molecule has 1 aliphatic rings. The van der Waals surface area contributed by atoms with E-state index in [1.807, 2.05) is 4.72 Å². The maximum atomic E-state index is 14.8. The van der Waals surface area contributed by atoms with E-state index in [4.69, 9.17) is 4.74 Å². The van der Waals surface area contributed by atoms with E-state index in [1.54, 1.807) is 31.2 Å². The smallest absolute Gasteiger partial charge is 0.390 e. The third-order valence-electron chi connectivity index (χ3n) is 6.74. The van der Waals surface area contributed by atoms with E-state index in [1.165, 1.54) is 24.5 Å². The van der Waals surface area contributed by atoms with Crippen LogP contribution in [0.5, 0.6) is 11.6 Å². The summed E-state index contributed by atoms with van der Waals surface area (Å²) in [5.74, 6) is -1.59. The molecule has 43 heavy (non-hydrogen) atoms. The second-order valence-electron chi connectivity index (χ2n) is 10.1. The Labute approximate surface area is 244 Å². The minimum Gasteiger partial charge on any atom is -0.437 e. The minimum absolute atomic E-state index is 0.0782. The number of pyridine rings is 1. The number of nitrogens with one attached hydrogen (secondary N) is 3. The van der Waals surface area contributed by atoms with Crippen molar-refractivity contribution in [3.05, 3.63) is 66.2 Å². The van der Waals surface area contributed by atoms with Crippen LogP contribution in [0.4, 0.5) is 33.6 Å². The molecule has 2 aromatic heterocycles. The van der Waals surface area contributed by atoms with Crippen LogP contribution in [0.1, 0.15) is 18.4 Å². The van der Waals surface area contributed by atoms with Crippen molar-refractivity contribution in [1.82, 2.24) is 20.3 Å². The molecule has 0 bridgehead atoms. The molecule has 0 unspecified atom stereocenters. The Kier molecular flexibility index (Phi) is 8.64. The van der Waals surface area contributed by atoms with Crippen LogP contribution in [-0.2, 0) is 10.0 Å². The number of hydrogen-bond donors (Lipinski definition) is 3. The number of aromatic nitrogens is 3. The monoisotopic (exact) mass is 622 g/mol. The maximum Gasteiger partial charge on any atom is 0.390 e. The highest BCUT2D eigenvalue weighted by molar-refractivity contribution is 7.92. The van der Waals surface area contributed by atoms with Crippen LogP contribution in [0.15, 0.2) is 54.9 Å². The first kappa shape index (κ1) is 30.4. The highest BCUT2D eigenvalue weighted by atomic mass is 32.2. The van der Waals surface area contributed by atoms with Crippen molar-refractivity contribution in [1.29, 1.82) is 0 Å². The molecule has 2 atom stereocenters. The Bertz CT molecular complexity index is 1740. The number of fused-ring (bicyclic) bond motifs is 1. The normalized spacial score (nSPS) is 17.5. The zero-order valence-electron chi connectivity index (χ0n) is 22.8. The zero-order valence-corrected chi connectivity index (χ0v) is 23.6. The molecule has 0 spiro atoms. The van der Waals surface area contributed by atoms with Gasteiger partial charge in [0.15, 0.2) is 0 Å². The van der Waals surface area contributed by atoms with Gasteiger partial charge in [-0.1, -0.05) is 12.1 Å². The molecule has 9 nitrogen and oxygen atoms in total. The van der Waals surface area contributed by atoms with Gasteiger partial charge in [-0.05, 0) is 42.8 Å². The van der Waals surface area contributed by atoms with Crippen LogP contribution < -0.4 is 20.1 Å². The predicted octanol–water partition coefficient (Wildman–Crippen LogP) is 5.74. The van der Waals surface area contributed by atoms with Gasteiger partial charge in [-0.2, -0.15) is 13.2 Å². The van der Waals surface area contributed by atoms with Crippen molar-refractivity contribution in [2.24, 2.45) is 0 Å². The molecule has 15 heteroatoms. The number of ether oxygens (including phenoxy) is 1. The molecular weight excluding hydrogens is 595 g/mol. The number of nitrogens with zero attached hydrogens (tertiary/aromatic N) is 3. The van der Waals surface area contributed by atoms with Gasteiger partial charge in [-0.15, -0.1) is 0 Å². The van der Waals surface area contributed by atoms with Gasteiger partial charge in [0.2, 0.25) is 21.9 Å². The standard InChI is InChI=1S/C28H27F5N6O3S/c1-16-4-5-19-20(6-7-22(30)24(19)39-43(40,41)12-9-28(31,32)33)25(16)42-26-21(3-2-10-35-26)23-8-11-36-27(38-23)37-18-13-17(29)14-34-15-18/h2-8,10-11,17-18,34,39H,9,12-15H2,1H3,(H,36,37,38)/t17-,18-/m0/s1. The van der Waals surface area contributed by atoms with Crippen molar-refractivity contribution < 1.29 is 35.1 Å². The van der Waals surface area contributed by atoms with E-state index in [0.717, 1.165) is 6.07 Å².